The molecule has 0 aliphatic carbocycles. The number of nitrogens with two attached hydrogens (primary N) is 1. The first-order valence-corrected chi connectivity index (χ1v) is 7.33. The first-order chi connectivity index (χ1) is 6.37. The van der Waals surface area contributed by atoms with Gasteiger partial charge < -0.3 is 5.73 Å². The first-order valence-electron chi connectivity index (χ1n) is 4.34. The minimum Gasteiger partial charge on any atom is -0.311 e. The van der Waals surface area contributed by atoms with Gasteiger partial charge in [-0.25, -0.2) is 0 Å². The van der Waals surface area contributed by atoms with Crippen LogP contribution >= 0.6 is 0 Å². The Balaban J connectivity index is 3.35. The highest BCUT2D eigenvalue weighted by atomic mass is 32.3. The molecule has 1 saturated heterocycles. The Labute approximate surface area is 90.0 Å². The molecule has 0 aromatic rings. The predicted octanol–water partition coefficient (Wildman–Crippen LogP) is -0.233. The van der Waals surface area contributed by atoms with E-state index in [1.165, 1.54) is 6.92 Å². The van der Waals surface area contributed by atoms with Crippen molar-refractivity contribution in [3.63, 3.8) is 0 Å². The molecule has 0 bridgehead atoms. The van der Waals surface area contributed by atoms with E-state index in [1.54, 1.807) is 13.8 Å². The number of hydrogen-bond donors (Lipinski definition) is 1. The molecular formula is C7H15NO5S2. The zero-order valence-electron chi connectivity index (χ0n) is 8.85. The quantitative estimate of drug-likeness (QED) is 0.642. The van der Waals surface area contributed by atoms with E-state index in [9.17, 15) is 16.8 Å². The van der Waals surface area contributed by atoms with Crippen molar-refractivity contribution >= 4 is 20.2 Å². The molecule has 1 fully saturated rings. The van der Waals surface area contributed by atoms with Crippen LogP contribution in [-0.2, 0) is 23.9 Å². The van der Waals surface area contributed by atoms with Gasteiger partial charge >= 0.3 is 0 Å². The van der Waals surface area contributed by atoms with Gasteiger partial charge in [0.15, 0.2) is 0 Å². The van der Waals surface area contributed by atoms with Crippen molar-refractivity contribution in [2.24, 2.45) is 11.1 Å². The zero-order valence-corrected chi connectivity index (χ0v) is 10.5. The van der Waals surface area contributed by atoms with Gasteiger partial charge in [0.1, 0.15) is 4.87 Å². The van der Waals surface area contributed by atoms with Gasteiger partial charge in [-0.3, -0.25) is 0 Å². The van der Waals surface area contributed by atoms with Crippen LogP contribution in [0.5, 0.6) is 0 Å². The van der Waals surface area contributed by atoms with Crippen molar-refractivity contribution in [3.05, 3.63) is 0 Å². The van der Waals surface area contributed by atoms with E-state index in [2.05, 4.69) is 3.63 Å². The van der Waals surface area contributed by atoms with E-state index in [1.807, 2.05) is 0 Å². The zero-order chi connectivity index (χ0) is 12.1. The van der Waals surface area contributed by atoms with Crippen LogP contribution in [-0.4, -0.2) is 27.5 Å². The Morgan fingerprint density at radius 2 is 1.60 bits per heavy atom. The van der Waals surface area contributed by atoms with Crippen molar-refractivity contribution in [2.45, 2.75) is 32.1 Å². The monoisotopic (exact) mass is 257 g/mol. The predicted molar refractivity (Wildman–Crippen MR) is 54.8 cm³/mol. The first kappa shape index (κ1) is 12.9. The van der Waals surface area contributed by atoms with Crippen LogP contribution in [0.2, 0.25) is 0 Å². The van der Waals surface area contributed by atoms with Crippen molar-refractivity contribution in [1.82, 2.24) is 0 Å². The molecule has 0 spiro atoms. The van der Waals surface area contributed by atoms with Gasteiger partial charge in [0.25, 0.3) is 20.2 Å². The third kappa shape index (κ3) is 2.68. The summed E-state index contributed by atoms with van der Waals surface area (Å²) in [4.78, 5) is -1.68. The molecule has 1 aliphatic heterocycles. The minimum absolute atomic E-state index is 0.0293. The van der Waals surface area contributed by atoms with Crippen molar-refractivity contribution in [1.29, 1.82) is 0 Å². The molecule has 0 saturated carbocycles. The molecule has 1 aliphatic rings. The molecule has 6 nitrogen and oxygen atoms in total. The van der Waals surface area contributed by atoms with Crippen LogP contribution in [0.1, 0.15) is 27.2 Å². The lowest BCUT2D eigenvalue weighted by molar-refractivity contribution is 0.327. The van der Waals surface area contributed by atoms with Crippen LogP contribution in [0.15, 0.2) is 0 Å². The normalized spacial score (nSPS) is 38.1. The van der Waals surface area contributed by atoms with Gasteiger partial charge in [-0.1, -0.05) is 13.8 Å². The third-order valence-corrected chi connectivity index (χ3v) is 6.13. The van der Waals surface area contributed by atoms with Crippen molar-refractivity contribution in [2.75, 3.05) is 5.75 Å². The van der Waals surface area contributed by atoms with Crippen LogP contribution < -0.4 is 5.73 Å². The van der Waals surface area contributed by atoms with Crippen LogP contribution in [0.25, 0.3) is 0 Å². The molecular weight excluding hydrogens is 242 g/mol. The second-order valence-corrected chi connectivity index (χ2v) is 8.67. The summed E-state index contributed by atoms with van der Waals surface area (Å²) < 4.78 is 49.8. The maximum absolute atomic E-state index is 11.5. The average Bonchev–Trinajstić information content (AvgIpc) is 1.77. The molecule has 1 rings (SSSR count). The molecule has 0 radical (unpaired) electrons. The van der Waals surface area contributed by atoms with E-state index < -0.39 is 30.5 Å². The Kier molecular flexibility index (Phi) is 2.71. The summed E-state index contributed by atoms with van der Waals surface area (Å²) in [6.45, 7) is 4.53. The van der Waals surface area contributed by atoms with E-state index >= 15 is 0 Å². The van der Waals surface area contributed by atoms with Crippen LogP contribution in [0.3, 0.4) is 0 Å². The molecule has 2 N–H and O–H groups in total. The highest BCUT2D eigenvalue weighted by molar-refractivity contribution is 8.00. The van der Waals surface area contributed by atoms with E-state index in [0.29, 0.717) is 0 Å². The number of rotatable bonds is 0. The molecule has 8 heteroatoms. The van der Waals surface area contributed by atoms with Gasteiger partial charge in [-0.15, -0.1) is 3.63 Å². The van der Waals surface area contributed by atoms with Gasteiger partial charge in [0, 0.05) is 0 Å². The number of hydrogen-bond acceptors (Lipinski definition) is 6. The Morgan fingerprint density at radius 1 is 1.13 bits per heavy atom. The summed E-state index contributed by atoms with van der Waals surface area (Å²) in [5.74, 6) is -0.355. The molecule has 90 valence electrons. The standard InChI is InChI=1S/C7H15NO5S2/c1-6(2)4-7(3,8)15(11,12)13-14(9,10)5-6/h4-5,8H2,1-3H3. The summed E-state index contributed by atoms with van der Waals surface area (Å²) in [6.07, 6.45) is 0.0293. The smallest absolute Gasteiger partial charge is 0.300 e. The molecule has 1 unspecified atom stereocenters. The highest BCUT2D eigenvalue weighted by Gasteiger charge is 2.49. The lowest BCUT2D eigenvalue weighted by atomic mass is 9.88. The Morgan fingerprint density at radius 3 is 2.07 bits per heavy atom. The third-order valence-electron chi connectivity index (χ3n) is 2.16. The van der Waals surface area contributed by atoms with Crippen molar-refractivity contribution < 1.29 is 20.5 Å². The van der Waals surface area contributed by atoms with Crippen LogP contribution in [0, 0.1) is 5.41 Å². The second kappa shape index (κ2) is 3.16. The van der Waals surface area contributed by atoms with Gasteiger partial charge in [-0.05, 0) is 18.8 Å². The fraction of sp³-hybridized carbons (Fsp3) is 1.00. The molecule has 1 atom stereocenters. The summed E-state index contributed by atoms with van der Waals surface area (Å²) in [6, 6.07) is 0. The maximum atomic E-state index is 11.5. The summed E-state index contributed by atoms with van der Waals surface area (Å²) in [5, 5.41) is 0. The lowest BCUT2D eigenvalue weighted by Crippen LogP contribution is -2.47. The van der Waals surface area contributed by atoms with Crippen LogP contribution in [0.4, 0.5) is 0 Å². The van der Waals surface area contributed by atoms with Crippen molar-refractivity contribution in [3.8, 4) is 0 Å². The van der Waals surface area contributed by atoms with Gasteiger partial charge in [-0.2, -0.15) is 16.8 Å². The molecule has 1 heterocycles. The van der Waals surface area contributed by atoms with E-state index in [4.69, 9.17) is 5.73 Å². The SMILES string of the molecule is CC1(C)CC(C)(N)S(=O)(=O)OS(=O)(=O)C1. The fourth-order valence-electron chi connectivity index (χ4n) is 1.81. The molecule has 0 aromatic heterocycles. The molecule has 0 aromatic carbocycles. The summed E-state index contributed by atoms with van der Waals surface area (Å²) in [5.41, 5.74) is 4.84. The van der Waals surface area contributed by atoms with E-state index in [-0.39, 0.29) is 12.2 Å². The second-order valence-electron chi connectivity index (χ2n) is 4.88. The average molecular weight is 257 g/mol. The van der Waals surface area contributed by atoms with Gasteiger partial charge in [0.2, 0.25) is 0 Å². The molecule has 15 heavy (non-hydrogen) atoms. The summed E-state index contributed by atoms with van der Waals surface area (Å²) in [7, 11) is -8.36. The molecule has 0 amide bonds. The minimum atomic E-state index is -4.29. The largest absolute Gasteiger partial charge is 0.311 e. The topological polar surface area (TPSA) is 104 Å². The Hall–Kier alpha value is -0.180. The van der Waals surface area contributed by atoms with Gasteiger partial charge in [0.05, 0.1) is 5.75 Å². The summed E-state index contributed by atoms with van der Waals surface area (Å²) >= 11 is 0. The lowest BCUT2D eigenvalue weighted by Gasteiger charge is -2.27. The highest BCUT2D eigenvalue weighted by Crippen LogP contribution is 2.36. The van der Waals surface area contributed by atoms with E-state index in [0.717, 1.165) is 0 Å². The maximum Gasteiger partial charge on any atom is 0.300 e. The Bertz CT molecular complexity index is 460. The fourth-order valence-corrected chi connectivity index (χ4v) is 5.34.